The molecule has 0 bridgehead atoms. The Labute approximate surface area is 96.2 Å². The molecule has 4 nitrogen and oxygen atoms in total. The number of anilines is 1. The Morgan fingerprint density at radius 3 is 2.38 bits per heavy atom. The third kappa shape index (κ3) is 3.81. The van der Waals surface area contributed by atoms with Crippen LogP contribution < -0.4 is 11.0 Å². The Kier molecular flexibility index (Phi) is 5.25. The van der Waals surface area contributed by atoms with Crippen molar-refractivity contribution >= 4 is 5.69 Å². The van der Waals surface area contributed by atoms with Crippen LogP contribution in [0, 0.1) is 0 Å². The lowest BCUT2D eigenvalue weighted by Gasteiger charge is -2.12. The minimum atomic E-state index is 0.172. The van der Waals surface area contributed by atoms with Gasteiger partial charge in [0.1, 0.15) is 0 Å². The summed E-state index contributed by atoms with van der Waals surface area (Å²) in [7, 11) is 0. The van der Waals surface area contributed by atoms with Crippen molar-refractivity contribution in [3.05, 3.63) is 29.3 Å². The predicted octanol–water partition coefficient (Wildman–Crippen LogP) is 2.12. The molecule has 0 heterocycles. The highest BCUT2D eigenvalue weighted by Gasteiger charge is 2.04. The quantitative estimate of drug-likeness (QED) is 0.511. The summed E-state index contributed by atoms with van der Waals surface area (Å²) in [4.78, 5) is 0. The second-order valence-corrected chi connectivity index (χ2v) is 3.90. The summed E-state index contributed by atoms with van der Waals surface area (Å²) in [5.41, 5.74) is 8.08. The van der Waals surface area contributed by atoms with E-state index >= 15 is 0 Å². The highest BCUT2D eigenvalue weighted by atomic mass is 16.8. The van der Waals surface area contributed by atoms with E-state index < -0.39 is 0 Å². The molecule has 0 unspecified atom stereocenters. The number of hydrogen-bond donors (Lipinski definition) is 3. The molecular weight excluding hydrogens is 204 g/mol. The number of benzene rings is 1. The van der Waals surface area contributed by atoms with Gasteiger partial charge in [-0.1, -0.05) is 13.0 Å². The van der Waals surface area contributed by atoms with Gasteiger partial charge in [0.25, 0.3) is 0 Å². The highest BCUT2D eigenvalue weighted by molar-refractivity contribution is 5.47. The zero-order chi connectivity index (χ0) is 12.0. The van der Waals surface area contributed by atoms with Gasteiger partial charge in [-0.25, -0.2) is 0 Å². The van der Waals surface area contributed by atoms with E-state index in [0.717, 1.165) is 36.8 Å². The van der Waals surface area contributed by atoms with Gasteiger partial charge in [0.2, 0.25) is 0 Å². The Bertz CT molecular complexity index is 327. The molecule has 4 heteroatoms. The standard InChI is InChI=1S/C12H20N2O2/c1-2-10-7-11(5-3-4-6-13)9-12(8-10)14(15)16/h7-9,15-16H,2-6,13H2,1H3. The van der Waals surface area contributed by atoms with Crippen LogP contribution in [0.5, 0.6) is 0 Å². The Balaban J connectivity index is 2.78. The summed E-state index contributed by atoms with van der Waals surface area (Å²) >= 11 is 0. The van der Waals surface area contributed by atoms with Crippen molar-refractivity contribution in [1.82, 2.24) is 0 Å². The fourth-order valence-electron chi connectivity index (χ4n) is 1.68. The van der Waals surface area contributed by atoms with Crippen molar-refractivity contribution < 1.29 is 10.4 Å². The van der Waals surface area contributed by atoms with Gasteiger partial charge in [-0.05, 0) is 55.5 Å². The molecule has 4 N–H and O–H groups in total. The van der Waals surface area contributed by atoms with Crippen molar-refractivity contribution in [3.8, 4) is 0 Å². The first-order valence-corrected chi connectivity index (χ1v) is 5.68. The molecular formula is C12H20N2O2. The molecule has 1 aromatic rings. The summed E-state index contributed by atoms with van der Waals surface area (Å²) in [5.74, 6) is 0. The number of nitrogens with zero attached hydrogens (tertiary/aromatic N) is 1. The van der Waals surface area contributed by atoms with Gasteiger partial charge in [0.15, 0.2) is 0 Å². The Morgan fingerprint density at radius 2 is 1.81 bits per heavy atom. The summed E-state index contributed by atoms with van der Waals surface area (Å²) in [6, 6.07) is 5.66. The largest absolute Gasteiger partial charge is 0.330 e. The number of nitrogens with two attached hydrogens (primary N) is 1. The Hall–Kier alpha value is -1.10. The third-order valence-corrected chi connectivity index (χ3v) is 2.60. The number of hydrogen-bond acceptors (Lipinski definition) is 4. The molecule has 1 rings (SSSR count). The van der Waals surface area contributed by atoms with Gasteiger partial charge in [0.05, 0.1) is 5.69 Å². The lowest BCUT2D eigenvalue weighted by Crippen LogP contribution is -2.11. The fraction of sp³-hybridized carbons (Fsp3) is 0.500. The van der Waals surface area contributed by atoms with Crippen molar-refractivity contribution in [2.75, 3.05) is 11.8 Å². The van der Waals surface area contributed by atoms with E-state index in [1.54, 1.807) is 12.1 Å². The van der Waals surface area contributed by atoms with Crippen LogP contribution in [0.1, 0.15) is 30.9 Å². The monoisotopic (exact) mass is 224 g/mol. The normalized spacial score (nSPS) is 10.5. The fourth-order valence-corrected chi connectivity index (χ4v) is 1.68. The van der Waals surface area contributed by atoms with Gasteiger partial charge in [-0.2, -0.15) is 0 Å². The van der Waals surface area contributed by atoms with E-state index in [1.165, 1.54) is 0 Å². The van der Waals surface area contributed by atoms with Crippen molar-refractivity contribution in [1.29, 1.82) is 0 Å². The second-order valence-electron chi connectivity index (χ2n) is 3.90. The smallest absolute Gasteiger partial charge is 0.0948 e. The average molecular weight is 224 g/mol. The number of aryl methyl sites for hydroxylation is 2. The van der Waals surface area contributed by atoms with E-state index in [9.17, 15) is 0 Å². The number of unbranched alkanes of at least 4 members (excludes halogenated alkanes) is 1. The predicted molar refractivity (Wildman–Crippen MR) is 63.9 cm³/mol. The van der Waals surface area contributed by atoms with Gasteiger partial charge >= 0.3 is 0 Å². The van der Waals surface area contributed by atoms with Crippen LogP contribution in [-0.2, 0) is 12.8 Å². The maximum atomic E-state index is 9.01. The van der Waals surface area contributed by atoms with Gasteiger partial charge in [0, 0.05) is 0 Å². The zero-order valence-corrected chi connectivity index (χ0v) is 9.69. The van der Waals surface area contributed by atoms with Crippen LogP contribution in [0.2, 0.25) is 0 Å². The molecule has 0 aliphatic heterocycles. The van der Waals surface area contributed by atoms with Crippen molar-refractivity contribution in [2.24, 2.45) is 5.73 Å². The van der Waals surface area contributed by atoms with Crippen LogP contribution in [-0.4, -0.2) is 17.0 Å². The molecule has 0 radical (unpaired) electrons. The molecule has 90 valence electrons. The van der Waals surface area contributed by atoms with Crippen molar-refractivity contribution in [3.63, 3.8) is 0 Å². The lowest BCUT2D eigenvalue weighted by atomic mass is 10.0. The molecule has 0 aliphatic rings. The molecule has 0 saturated heterocycles. The van der Waals surface area contributed by atoms with E-state index in [2.05, 4.69) is 6.07 Å². The van der Waals surface area contributed by atoms with E-state index in [4.69, 9.17) is 16.1 Å². The highest BCUT2D eigenvalue weighted by Crippen LogP contribution is 2.19. The average Bonchev–Trinajstić information content (AvgIpc) is 2.29. The molecule has 0 aromatic heterocycles. The Morgan fingerprint density at radius 1 is 1.12 bits per heavy atom. The molecule has 0 atom stereocenters. The molecule has 16 heavy (non-hydrogen) atoms. The van der Waals surface area contributed by atoms with Gasteiger partial charge in [-0.3, -0.25) is 10.4 Å². The van der Waals surface area contributed by atoms with Crippen LogP contribution in [0.25, 0.3) is 0 Å². The van der Waals surface area contributed by atoms with Crippen LogP contribution in [0.15, 0.2) is 18.2 Å². The molecule has 0 fully saturated rings. The minimum Gasteiger partial charge on any atom is -0.330 e. The number of rotatable bonds is 6. The maximum Gasteiger partial charge on any atom is 0.0948 e. The van der Waals surface area contributed by atoms with Gasteiger partial charge < -0.3 is 5.73 Å². The summed E-state index contributed by atoms with van der Waals surface area (Å²) in [5, 5.41) is 18.2. The molecule has 0 aliphatic carbocycles. The molecule has 0 spiro atoms. The summed E-state index contributed by atoms with van der Waals surface area (Å²) < 4.78 is 0. The SMILES string of the molecule is CCc1cc(CCCCN)cc(N(O)O)c1. The zero-order valence-electron chi connectivity index (χ0n) is 9.69. The lowest BCUT2D eigenvalue weighted by molar-refractivity contribution is 0.0291. The first-order valence-electron chi connectivity index (χ1n) is 5.68. The second kappa shape index (κ2) is 6.48. The molecule has 0 amide bonds. The van der Waals surface area contributed by atoms with E-state index in [0.29, 0.717) is 12.2 Å². The van der Waals surface area contributed by atoms with Crippen LogP contribution >= 0.6 is 0 Å². The molecule has 1 aromatic carbocycles. The van der Waals surface area contributed by atoms with E-state index in [-0.39, 0.29) is 5.23 Å². The summed E-state index contributed by atoms with van der Waals surface area (Å²) in [6.07, 6.45) is 3.82. The van der Waals surface area contributed by atoms with Gasteiger partial charge in [-0.15, -0.1) is 5.23 Å². The maximum absolute atomic E-state index is 9.01. The van der Waals surface area contributed by atoms with E-state index in [1.807, 2.05) is 6.92 Å². The van der Waals surface area contributed by atoms with Crippen LogP contribution in [0.3, 0.4) is 0 Å². The molecule has 0 saturated carbocycles. The first kappa shape index (κ1) is 13.0. The third-order valence-electron chi connectivity index (χ3n) is 2.60. The summed E-state index contributed by atoms with van der Waals surface area (Å²) in [6.45, 7) is 2.74. The van der Waals surface area contributed by atoms with Crippen molar-refractivity contribution in [2.45, 2.75) is 32.6 Å². The minimum absolute atomic E-state index is 0.172. The van der Waals surface area contributed by atoms with Crippen LogP contribution in [0.4, 0.5) is 5.69 Å². The first-order chi connectivity index (χ1) is 7.67. The topological polar surface area (TPSA) is 69.7 Å².